The highest BCUT2D eigenvalue weighted by molar-refractivity contribution is 5.69. The lowest BCUT2D eigenvalue weighted by molar-refractivity contribution is -0.149. The van der Waals surface area contributed by atoms with Crippen LogP contribution in [0.25, 0.3) is 0 Å². The SMILES string of the molecule is CCCCCCCC/C=C/CCCCCCCC(=O)OCC(O)C1OCCC1N=O. The van der Waals surface area contributed by atoms with Crippen molar-refractivity contribution < 1.29 is 19.4 Å². The van der Waals surface area contributed by atoms with E-state index in [0.717, 1.165) is 25.7 Å². The van der Waals surface area contributed by atoms with Gasteiger partial charge in [0.05, 0.1) is 0 Å². The lowest BCUT2D eigenvalue weighted by Crippen LogP contribution is -2.37. The molecule has 3 unspecified atom stereocenters. The van der Waals surface area contributed by atoms with Crippen molar-refractivity contribution in [2.45, 2.75) is 121 Å². The van der Waals surface area contributed by atoms with Gasteiger partial charge in [0.1, 0.15) is 24.9 Å². The molecule has 3 atom stereocenters. The molecule has 0 aromatic rings. The minimum atomic E-state index is -0.992. The standard InChI is InChI=1S/C24H43NO5/c1-2-3-4-5-6-7-8-9-10-11-12-13-14-15-16-17-23(27)30-20-22(26)24-21(25-28)18-19-29-24/h9-10,21-22,24,26H,2-8,11-20H2,1H3/b10-9+. The lowest BCUT2D eigenvalue weighted by Gasteiger charge is -2.19. The van der Waals surface area contributed by atoms with E-state index in [1.807, 2.05) is 0 Å². The van der Waals surface area contributed by atoms with E-state index in [2.05, 4.69) is 24.3 Å². The average molecular weight is 426 g/mol. The fourth-order valence-electron chi connectivity index (χ4n) is 3.77. The van der Waals surface area contributed by atoms with Crippen LogP contribution in [0, 0.1) is 4.91 Å². The van der Waals surface area contributed by atoms with E-state index < -0.39 is 18.2 Å². The van der Waals surface area contributed by atoms with E-state index in [9.17, 15) is 14.8 Å². The van der Waals surface area contributed by atoms with Crippen LogP contribution in [-0.2, 0) is 14.3 Å². The van der Waals surface area contributed by atoms with Crippen molar-refractivity contribution in [1.82, 2.24) is 0 Å². The highest BCUT2D eigenvalue weighted by atomic mass is 16.6. The molecular formula is C24H43NO5. The van der Waals surface area contributed by atoms with Gasteiger partial charge in [-0.15, -0.1) is 0 Å². The number of ether oxygens (including phenoxy) is 2. The Morgan fingerprint density at radius 3 is 2.27 bits per heavy atom. The molecule has 0 aromatic heterocycles. The summed E-state index contributed by atoms with van der Waals surface area (Å²) in [6.45, 7) is 2.52. The number of unbranched alkanes of at least 4 members (excludes halogenated alkanes) is 11. The third kappa shape index (κ3) is 13.1. The van der Waals surface area contributed by atoms with Crippen LogP contribution in [-0.4, -0.2) is 42.5 Å². The molecule has 0 radical (unpaired) electrons. The topological polar surface area (TPSA) is 85.2 Å². The van der Waals surface area contributed by atoms with Crippen LogP contribution < -0.4 is 0 Å². The van der Waals surface area contributed by atoms with Gasteiger partial charge in [-0.1, -0.05) is 75.6 Å². The number of nitrogens with zero attached hydrogens (tertiary/aromatic N) is 1. The first-order valence-corrected chi connectivity index (χ1v) is 12.1. The van der Waals surface area contributed by atoms with Gasteiger partial charge in [-0.3, -0.25) is 4.79 Å². The third-order valence-corrected chi connectivity index (χ3v) is 5.68. The van der Waals surface area contributed by atoms with Crippen molar-refractivity contribution in [2.75, 3.05) is 13.2 Å². The summed E-state index contributed by atoms with van der Waals surface area (Å²) >= 11 is 0. The molecule has 0 aromatic carbocycles. The van der Waals surface area contributed by atoms with E-state index in [4.69, 9.17) is 9.47 Å². The fraction of sp³-hybridized carbons (Fsp3) is 0.875. The Hall–Kier alpha value is -1.27. The molecule has 0 aliphatic carbocycles. The maximum Gasteiger partial charge on any atom is 0.305 e. The molecule has 6 heteroatoms. The van der Waals surface area contributed by atoms with Crippen LogP contribution in [0.3, 0.4) is 0 Å². The highest BCUT2D eigenvalue weighted by Crippen LogP contribution is 2.20. The number of hydrogen-bond acceptors (Lipinski definition) is 6. The fourth-order valence-corrected chi connectivity index (χ4v) is 3.77. The first kappa shape index (κ1) is 26.8. The molecule has 0 spiro atoms. The van der Waals surface area contributed by atoms with Gasteiger partial charge in [0.25, 0.3) is 0 Å². The monoisotopic (exact) mass is 425 g/mol. The Labute approximate surface area is 182 Å². The number of carbonyl (C=O) groups excluding carboxylic acids is 1. The second kappa shape index (κ2) is 18.5. The number of rotatable bonds is 19. The first-order chi connectivity index (χ1) is 14.7. The van der Waals surface area contributed by atoms with Crippen molar-refractivity contribution in [3.05, 3.63) is 17.1 Å². The highest BCUT2D eigenvalue weighted by Gasteiger charge is 2.35. The molecule has 1 aliphatic heterocycles. The smallest absolute Gasteiger partial charge is 0.305 e. The van der Waals surface area contributed by atoms with Crippen LogP contribution in [0.4, 0.5) is 0 Å². The molecule has 1 fully saturated rings. The second-order valence-electron chi connectivity index (χ2n) is 8.38. The van der Waals surface area contributed by atoms with Gasteiger partial charge < -0.3 is 14.6 Å². The normalized spacial score (nSPS) is 19.9. The molecule has 1 aliphatic rings. The third-order valence-electron chi connectivity index (χ3n) is 5.68. The van der Waals surface area contributed by atoms with Gasteiger partial charge in [0, 0.05) is 13.0 Å². The molecule has 6 nitrogen and oxygen atoms in total. The number of aliphatic hydroxyl groups excluding tert-OH is 1. The summed E-state index contributed by atoms with van der Waals surface area (Å²) in [6, 6.07) is -0.552. The maximum absolute atomic E-state index is 11.8. The van der Waals surface area contributed by atoms with Crippen LogP contribution in [0.1, 0.15) is 103 Å². The van der Waals surface area contributed by atoms with Gasteiger partial charge in [-0.25, -0.2) is 0 Å². The van der Waals surface area contributed by atoms with Crippen LogP contribution in [0.5, 0.6) is 0 Å². The number of hydrogen-bond donors (Lipinski definition) is 1. The van der Waals surface area contributed by atoms with Gasteiger partial charge in [0.15, 0.2) is 0 Å². The number of aliphatic hydroxyl groups is 1. The Balaban J connectivity index is 1.87. The van der Waals surface area contributed by atoms with Crippen LogP contribution >= 0.6 is 0 Å². The molecular weight excluding hydrogens is 382 g/mol. The second-order valence-corrected chi connectivity index (χ2v) is 8.38. The molecule has 1 heterocycles. The summed E-state index contributed by atoms with van der Waals surface area (Å²) in [6.07, 6.45) is 19.7. The molecule has 0 amide bonds. The molecule has 1 N–H and O–H groups in total. The number of allylic oxidation sites excluding steroid dienone is 2. The van der Waals surface area contributed by atoms with E-state index >= 15 is 0 Å². The molecule has 1 saturated heterocycles. The lowest BCUT2D eigenvalue weighted by atomic mass is 10.1. The molecule has 0 saturated carbocycles. The zero-order valence-corrected chi connectivity index (χ0v) is 18.9. The Morgan fingerprint density at radius 1 is 1.03 bits per heavy atom. The quantitative estimate of drug-likeness (QED) is 0.121. The molecule has 1 rings (SSSR count). The number of carbonyl (C=O) groups is 1. The zero-order valence-electron chi connectivity index (χ0n) is 18.9. The summed E-state index contributed by atoms with van der Waals surface area (Å²) < 4.78 is 10.4. The number of esters is 1. The van der Waals surface area contributed by atoms with E-state index in [1.54, 1.807) is 0 Å². The average Bonchev–Trinajstić information content (AvgIpc) is 3.23. The van der Waals surface area contributed by atoms with Crippen molar-refractivity contribution in [3.63, 3.8) is 0 Å². The maximum atomic E-state index is 11.8. The molecule has 30 heavy (non-hydrogen) atoms. The Bertz CT molecular complexity index is 469. The van der Waals surface area contributed by atoms with E-state index in [-0.39, 0.29) is 12.6 Å². The summed E-state index contributed by atoms with van der Waals surface area (Å²) in [5.74, 6) is -0.305. The summed E-state index contributed by atoms with van der Waals surface area (Å²) in [5.41, 5.74) is 0. The van der Waals surface area contributed by atoms with Gasteiger partial charge in [-0.2, -0.15) is 4.91 Å². The van der Waals surface area contributed by atoms with Crippen molar-refractivity contribution in [2.24, 2.45) is 5.18 Å². The summed E-state index contributed by atoms with van der Waals surface area (Å²) in [7, 11) is 0. The predicted octanol–water partition coefficient (Wildman–Crippen LogP) is 5.85. The number of nitroso groups, excluding NO2 is 1. The molecule has 174 valence electrons. The minimum absolute atomic E-state index is 0.138. The van der Waals surface area contributed by atoms with Crippen LogP contribution in [0.15, 0.2) is 17.3 Å². The van der Waals surface area contributed by atoms with Crippen molar-refractivity contribution in [3.8, 4) is 0 Å². The Morgan fingerprint density at radius 2 is 1.63 bits per heavy atom. The summed E-state index contributed by atoms with van der Waals surface area (Å²) in [5, 5.41) is 13.0. The minimum Gasteiger partial charge on any atom is -0.463 e. The summed E-state index contributed by atoms with van der Waals surface area (Å²) in [4.78, 5) is 22.5. The van der Waals surface area contributed by atoms with E-state index in [1.165, 1.54) is 57.8 Å². The predicted molar refractivity (Wildman–Crippen MR) is 120 cm³/mol. The van der Waals surface area contributed by atoms with Gasteiger partial charge in [0.2, 0.25) is 0 Å². The molecule has 0 bridgehead atoms. The van der Waals surface area contributed by atoms with Gasteiger partial charge in [-0.05, 0) is 38.5 Å². The van der Waals surface area contributed by atoms with Gasteiger partial charge >= 0.3 is 5.97 Å². The largest absolute Gasteiger partial charge is 0.463 e. The van der Waals surface area contributed by atoms with E-state index in [0.29, 0.717) is 19.4 Å². The first-order valence-electron chi connectivity index (χ1n) is 12.1. The van der Waals surface area contributed by atoms with Crippen molar-refractivity contribution >= 4 is 5.97 Å². The Kier molecular flexibility index (Phi) is 16.5. The van der Waals surface area contributed by atoms with Crippen molar-refractivity contribution in [1.29, 1.82) is 0 Å². The zero-order chi connectivity index (χ0) is 21.9. The van der Waals surface area contributed by atoms with Crippen LogP contribution in [0.2, 0.25) is 0 Å².